The van der Waals surface area contributed by atoms with E-state index in [2.05, 4.69) is 22.7 Å². The first-order valence-corrected chi connectivity index (χ1v) is 8.87. The van der Waals surface area contributed by atoms with Crippen LogP contribution in [0.3, 0.4) is 0 Å². The molecule has 6 heteroatoms. The van der Waals surface area contributed by atoms with Crippen molar-refractivity contribution in [2.45, 2.75) is 25.7 Å². The number of nitrogens with zero attached hydrogens (tertiary/aromatic N) is 2. The number of fused-ring (bicyclic) bond motifs is 5. The summed E-state index contributed by atoms with van der Waals surface area (Å²) in [6, 6.07) is 5.88. The van der Waals surface area contributed by atoms with E-state index in [1.165, 1.54) is 9.78 Å². The molecular formula is C17H16N2O3S. The number of amides is 2. The number of aromatic nitrogens is 1. The van der Waals surface area contributed by atoms with Gasteiger partial charge in [0.1, 0.15) is 0 Å². The average molecular weight is 328 g/mol. The minimum Gasteiger partial charge on any atom is -0.338 e. The van der Waals surface area contributed by atoms with Gasteiger partial charge in [0.25, 0.3) is 0 Å². The summed E-state index contributed by atoms with van der Waals surface area (Å²) in [6.07, 6.45) is 2.02. The predicted octanol–water partition coefficient (Wildman–Crippen LogP) is 2.97. The molecule has 0 aromatic carbocycles. The summed E-state index contributed by atoms with van der Waals surface area (Å²) in [7, 11) is 0. The molecule has 2 saturated carbocycles. The molecule has 2 aliphatic carbocycles. The highest BCUT2D eigenvalue weighted by Gasteiger charge is 2.64. The zero-order chi connectivity index (χ0) is 15.7. The van der Waals surface area contributed by atoms with Gasteiger partial charge in [0.15, 0.2) is 0 Å². The summed E-state index contributed by atoms with van der Waals surface area (Å²) >= 11 is 1.76. The summed E-state index contributed by atoms with van der Waals surface area (Å²) in [5.41, 5.74) is 0.678. The fourth-order valence-corrected chi connectivity index (χ4v) is 5.88. The Morgan fingerprint density at radius 2 is 2.09 bits per heavy atom. The molecule has 0 radical (unpaired) electrons. The topological polar surface area (TPSA) is 63.4 Å². The lowest BCUT2D eigenvalue weighted by molar-refractivity contribution is -0.123. The van der Waals surface area contributed by atoms with Gasteiger partial charge in [-0.25, -0.2) is 4.90 Å². The molecule has 3 heterocycles. The first-order valence-electron chi connectivity index (χ1n) is 7.99. The highest BCUT2D eigenvalue weighted by molar-refractivity contribution is 7.10. The number of thiophene rings is 1. The number of rotatable bonds is 2. The zero-order valence-electron chi connectivity index (χ0n) is 12.6. The number of imide groups is 1. The molecule has 5 atom stereocenters. The van der Waals surface area contributed by atoms with Gasteiger partial charge in [0.2, 0.25) is 17.7 Å². The van der Waals surface area contributed by atoms with E-state index in [1.54, 1.807) is 24.3 Å². The van der Waals surface area contributed by atoms with E-state index >= 15 is 0 Å². The number of aryl methyl sites for hydroxylation is 1. The molecule has 5 rings (SSSR count). The van der Waals surface area contributed by atoms with E-state index in [9.17, 15) is 9.59 Å². The highest BCUT2D eigenvalue weighted by Crippen LogP contribution is 2.62. The molecule has 3 fully saturated rings. The van der Waals surface area contributed by atoms with Gasteiger partial charge >= 0.3 is 0 Å². The van der Waals surface area contributed by atoms with Crippen LogP contribution in [0.5, 0.6) is 0 Å². The maximum absolute atomic E-state index is 12.9. The Morgan fingerprint density at radius 3 is 2.78 bits per heavy atom. The minimum atomic E-state index is -0.182. The van der Waals surface area contributed by atoms with Crippen molar-refractivity contribution in [2.24, 2.45) is 23.7 Å². The molecule has 2 aromatic heterocycles. The highest BCUT2D eigenvalue weighted by atomic mass is 32.1. The third kappa shape index (κ3) is 1.70. The van der Waals surface area contributed by atoms with Gasteiger partial charge in [-0.3, -0.25) is 9.59 Å². The molecule has 3 aliphatic rings. The lowest BCUT2D eigenvalue weighted by atomic mass is 9.75. The first-order chi connectivity index (χ1) is 11.1. The van der Waals surface area contributed by atoms with Crippen molar-refractivity contribution in [3.8, 4) is 0 Å². The molecular weight excluding hydrogens is 312 g/mol. The van der Waals surface area contributed by atoms with Crippen LogP contribution in [0.2, 0.25) is 0 Å². The molecule has 1 unspecified atom stereocenters. The van der Waals surface area contributed by atoms with Crippen LogP contribution in [0.15, 0.2) is 28.1 Å². The second-order valence-corrected chi connectivity index (χ2v) is 7.87. The Labute approximate surface area is 137 Å². The predicted molar refractivity (Wildman–Crippen MR) is 84.0 cm³/mol. The monoisotopic (exact) mass is 328 g/mol. The second kappa shape index (κ2) is 4.54. The van der Waals surface area contributed by atoms with Crippen LogP contribution in [0.1, 0.15) is 29.3 Å². The van der Waals surface area contributed by atoms with Gasteiger partial charge in [-0.2, -0.15) is 0 Å². The van der Waals surface area contributed by atoms with Gasteiger partial charge in [-0.1, -0.05) is 11.2 Å². The quantitative estimate of drug-likeness (QED) is 0.795. The third-order valence-electron chi connectivity index (χ3n) is 5.76. The van der Waals surface area contributed by atoms with E-state index in [4.69, 9.17) is 4.52 Å². The second-order valence-electron chi connectivity index (χ2n) is 6.89. The number of carbonyl (C=O) groups is 2. The maximum Gasteiger partial charge on any atom is 0.240 e. The summed E-state index contributed by atoms with van der Waals surface area (Å²) in [6.45, 7) is 1.79. The van der Waals surface area contributed by atoms with Crippen molar-refractivity contribution < 1.29 is 14.1 Å². The van der Waals surface area contributed by atoms with E-state index in [-0.39, 0.29) is 35.5 Å². The molecule has 1 aliphatic heterocycles. The van der Waals surface area contributed by atoms with Gasteiger partial charge in [0, 0.05) is 10.9 Å². The molecule has 0 N–H and O–H groups in total. The van der Waals surface area contributed by atoms with Crippen LogP contribution in [-0.4, -0.2) is 17.0 Å². The summed E-state index contributed by atoms with van der Waals surface area (Å²) in [4.78, 5) is 28.3. The van der Waals surface area contributed by atoms with Crippen LogP contribution >= 0.6 is 11.3 Å². The van der Waals surface area contributed by atoms with Crippen molar-refractivity contribution in [1.29, 1.82) is 0 Å². The van der Waals surface area contributed by atoms with Crippen molar-refractivity contribution in [2.75, 3.05) is 4.90 Å². The lowest BCUT2D eigenvalue weighted by Gasteiger charge is -2.27. The standard InChI is InChI=1S/C17H16N2O3S/c1-8-5-13(22-18-8)19-16(20)14-9-6-10(12-3-2-4-23-12)11(7-9)15(14)17(19)21/h2-5,9-11,14-15H,6-7H2,1H3/t9-,10?,11-,14-,15+/m1/s1. The number of hydrogen-bond donors (Lipinski definition) is 0. The summed E-state index contributed by atoms with van der Waals surface area (Å²) in [5.74, 6) is 0.788. The normalized spacial score (nSPS) is 35.3. The van der Waals surface area contributed by atoms with E-state index in [1.807, 2.05) is 0 Å². The largest absolute Gasteiger partial charge is 0.338 e. The van der Waals surface area contributed by atoms with Crippen LogP contribution in [0, 0.1) is 30.6 Å². The number of carbonyl (C=O) groups excluding carboxylic acids is 2. The van der Waals surface area contributed by atoms with E-state index in [0.717, 1.165) is 12.8 Å². The first kappa shape index (κ1) is 13.5. The SMILES string of the molecule is Cc1cc(N2C(=O)[C@@H]3[C@@H]4CC(c5cccs5)[C@@H](C4)[C@@H]3C2=O)on1. The molecule has 2 aromatic rings. The molecule has 2 bridgehead atoms. The van der Waals surface area contributed by atoms with E-state index < -0.39 is 0 Å². The fraction of sp³-hybridized carbons (Fsp3) is 0.471. The van der Waals surface area contributed by atoms with Crippen molar-refractivity contribution in [1.82, 2.24) is 5.16 Å². The van der Waals surface area contributed by atoms with Crippen LogP contribution in [-0.2, 0) is 9.59 Å². The lowest BCUT2D eigenvalue weighted by Crippen LogP contribution is -2.32. The molecule has 2 amide bonds. The zero-order valence-corrected chi connectivity index (χ0v) is 13.5. The van der Waals surface area contributed by atoms with Gasteiger partial charge in [0.05, 0.1) is 17.5 Å². The summed E-state index contributed by atoms with van der Waals surface area (Å²) < 4.78 is 5.18. The number of anilines is 1. The van der Waals surface area contributed by atoms with Crippen LogP contribution in [0.25, 0.3) is 0 Å². The molecule has 23 heavy (non-hydrogen) atoms. The van der Waals surface area contributed by atoms with Crippen LogP contribution < -0.4 is 4.90 Å². The van der Waals surface area contributed by atoms with Crippen LogP contribution in [0.4, 0.5) is 5.88 Å². The smallest absolute Gasteiger partial charge is 0.240 e. The van der Waals surface area contributed by atoms with Crippen molar-refractivity contribution >= 4 is 29.0 Å². The Hall–Kier alpha value is -1.95. The van der Waals surface area contributed by atoms with E-state index in [0.29, 0.717) is 17.5 Å². The van der Waals surface area contributed by atoms with Gasteiger partial charge in [-0.05, 0) is 49.0 Å². The van der Waals surface area contributed by atoms with Gasteiger partial charge in [-0.15, -0.1) is 11.3 Å². The van der Waals surface area contributed by atoms with Gasteiger partial charge < -0.3 is 4.52 Å². The molecule has 5 nitrogen and oxygen atoms in total. The molecule has 1 saturated heterocycles. The Morgan fingerprint density at radius 1 is 1.26 bits per heavy atom. The van der Waals surface area contributed by atoms with Crippen molar-refractivity contribution in [3.63, 3.8) is 0 Å². The average Bonchev–Trinajstić information content (AvgIpc) is 3.29. The third-order valence-corrected chi connectivity index (χ3v) is 6.76. The minimum absolute atomic E-state index is 0.0896. The molecule has 0 spiro atoms. The fourth-order valence-electron chi connectivity index (χ4n) is 4.96. The Kier molecular flexibility index (Phi) is 2.66. The van der Waals surface area contributed by atoms with Crippen molar-refractivity contribution in [3.05, 3.63) is 34.2 Å². The molecule has 118 valence electrons. The maximum atomic E-state index is 12.9. The summed E-state index contributed by atoms with van der Waals surface area (Å²) in [5, 5.41) is 5.90. The number of hydrogen-bond acceptors (Lipinski definition) is 5. The Balaban J connectivity index is 1.51. The Bertz CT molecular complexity index is 797.